The summed E-state index contributed by atoms with van der Waals surface area (Å²) < 4.78 is 0. The summed E-state index contributed by atoms with van der Waals surface area (Å²) in [4.78, 5) is 23.9. The van der Waals surface area contributed by atoms with Gasteiger partial charge >= 0.3 is 0 Å². The van der Waals surface area contributed by atoms with E-state index in [0.29, 0.717) is 16.3 Å². The number of Topliss-reactive ketones (excluding diaryl/α,β-unsaturated/α-hetero) is 1. The molecule has 0 aromatic carbocycles. The lowest BCUT2D eigenvalue weighted by Crippen LogP contribution is -2.28. The van der Waals surface area contributed by atoms with Crippen LogP contribution in [-0.4, -0.2) is 32.3 Å². The van der Waals surface area contributed by atoms with Gasteiger partial charge in [0.05, 0.1) is 10.9 Å². The maximum absolute atomic E-state index is 12.2. The highest BCUT2D eigenvalue weighted by Crippen LogP contribution is 2.18. The number of carbonyl (C=O) groups is 2. The second-order valence-corrected chi connectivity index (χ2v) is 5.25. The minimum atomic E-state index is -0.283. The molecule has 0 radical (unpaired) electrons. The van der Waals surface area contributed by atoms with Crippen LogP contribution < -0.4 is 5.32 Å². The highest BCUT2D eigenvalue weighted by Gasteiger charge is 2.20. The second kappa shape index (κ2) is 6.38. The van der Waals surface area contributed by atoms with Gasteiger partial charge in [0.25, 0.3) is 5.91 Å². The number of hydrogen-bond donors (Lipinski definition) is 2. The topological polar surface area (TPSA) is 101 Å². The molecule has 0 aliphatic heterocycles. The first-order valence-electron chi connectivity index (χ1n) is 6.25. The average molecular weight is 293 g/mol. The minimum absolute atomic E-state index is 0.0522. The highest BCUT2D eigenvalue weighted by molar-refractivity contribution is 7.12. The van der Waals surface area contributed by atoms with Crippen LogP contribution in [0.15, 0.2) is 11.4 Å². The van der Waals surface area contributed by atoms with Crippen molar-refractivity contribution in [3.63, 3.8) is 0 Å². The second-order valence-electron chi connectivity index (χ2n) is 4.34. The zero-order chi connectivity index (χ0) is 14.5. The van der Waals surface area contributed by atoms with Crippen molar-refractivity contribution in [2.24, 2.45) is 0 Å². The van der Waals surface area contributed by atoms with Crippen LogP contribution in [0.4, 0.5) is 0 Å². The van der Waals surface area contributed by atoms with Crippen molar-refractivity contribution in [1.29, 1.82) is 0 Å². The fraction of sp³-hybridized carbons (Fsp3) is 0.417. The number of H-pyrrole nitrogens is 1. The Hall–Kier alpha value is -2.09. The van der Waals surface area contributed by atoms with Crippen molar-refractivity contribution in [3.05, 3.63) is 27.7 Å². The molecule has 0 aliphatic carbocycles. The van der Waals surface area contributed by atoms with Crippen LogP contribution in [0.2, 0.25) is 0 Å². The molecule has 8 heteroatoms. The summed E-state index contributed by atoms with van der Waals surface area (Å²) >= 11 is 1.25. The van der Waals surface area contributed by atoms with Crippen LogP contribution in [0.5, 0.6) is 0 Å². The Bertz CT molecular complexity index is 593. The number of hydrogen-bond acceptors (Lipinski definition) is 6. The van der Waals surface area contributed by atoms with Gasteiger partial charge in [0.1, 0.15) is 0 Å². The Morgan fingerprint density at radius 3 is 2.85 bits per heavy atom. The summed E-state index contributed by atoms with van der Waals surface area (Å²) in [6.07, 6.45) is 1.60. The summed E-state index contributed by atoms with van der Waals surface area (Å²) in [6.45, 7) is 3.49. The molecule has 0 unspecified atom stereocenters. The standard InChI is InChI=1S/C12H15N5O2S/c1-3-4-9(11-14-16-17-15-11)13-12(19)10-5-8(6-20-10)7(2)18/h5-6,9H,3-4H2,1-2H3,(H,13,19)(H,14,15,16,17)/t9-/m1/s1. The first-order valence-corrected chi connectivity index (χ1v) is 7.13. The van der Waals surface area contributed by atoms with E-state index < -0.39 is 0 Å². The fourth-order valence-corrected chi connectivity index (χ4v) is 2.59. The number of nitrogens with one attached hydrogen (secondary N) is 2. The lowest BCUT2D eigenvalue weighted by atomic mass is 10.1. The molecule has 0 saturated carbocycles. The van der Waals surface area contributed by atoms with E-state index in [2.05, 4.69) is 25.9 Å². The SMILES string of the molecule is CCC[C@@H](NC(=O)c1cc(C(C)=O)cs1)c1nn[nH]n1. The summed E-state index contributed by atoms with van der Waals surface area (Å²) in [5.74, 6) is 0.179. The number of amides is 1. The molecule has 20 heavy (non-hydrogen) atoms. The Labute approximate surface area is 119 Å². The van der Waals surface area contributed by atoms with Crippen LogP contribution in [-0.2, 0) is 0 Å². The van der Waals surface area contributed by atoms with Gasteiger partial charge < -0.3 is 5.32 Å². The monoisotopic (exact) mass is 293 g/mol. The van der Waals surface area contributed by atoms with E-state index in [0.717, 1.165) is 12.8 Å². The quantitative estimate of drug-likeness (QED) is 0.790. The average Bonchev–Trinajstić information content (AvgIpc) is 3.09. The maximum Gasteiger partial charge on any atom is 0.261 e. The number of tetrazole rings is 1. The number of aromatic nitrogens is 4. The molecule has 0 fully saturated rings. The minimum Gasteiger partial charge on any atom is -0.341 e. The number of rotatable bonds is 6. The third kappa shape index (κ3) is 3.27. The van der Waals surface area contributed by atoms with Crippen LogP contribution >= 0.6 is 11.3 Å². The fourth-order valence-electron chi connectivity index (χ4n) is 1.74. The predicted molar refractivity (Wildman–Crippen MR) is 73.6 cm³/mol. The number of carbonyl (C=O) groups excluding carboxylic acids is 2. The van der Waals surface area contributed by atoms with E-state index in [1.165, 1.54) is 18.3 Å². The molecule has 0 bridgehead atoms. The summed E-state index contributed by atoms with van der Waals surface area (Å²) in [7, 11) is 0. The summed E-state index contributed by atoms with van der Waals surface area (Å²) in [5.41, 5.74) is 0.548. The molecular weight excluding hydrogens is 278 g/mol. The largest absolute Gasteiger partial charge is 0.341 e. The van der Waals surface area contributed by atoms with Crippen LogP contribution in [0.1, 0.15) is 58.6 Å². The molecule has 0 aliphatic rings. The van der Waals surface area contributed by atoms with Crippen LogP contribution in [0.25, 0.3) is 0 Å². The van der Waals surface area contributed by atoms with Crippen molar-refractivity contribution in [3.8, 4) is 0 Å². The number of aromatic amines is 1. The van der Waals surface area contributed by atoms with Crippen molar-refractivity contribution >= 4 is 23.0 Å². The van der Waals surface area contributed by atoms with E-state index in [-0.39, 0.29) is 17.7 Å². The maximum atomic E-state index is 12.2. The van der Waals surface area contributed by atoms with E-state index >= 15 is 0 Å². The molecule has 1 amide bonds. The van der Waals surface area contributed by atoms with Crippen molar-refractivity contribution in [2.75, 3.05) is 0 Å². The Kier molecular flexibility index (Phi) is 4.57. The molecule has 0 spiro atoms. The molecule has 7 nitrogen and oxygen atoms in total. The van der Waals surface area contributed by atoms with E-state index in [9.17, 15) is 9.59 Å². The Morgan fingerprint density at radius 1 is 1.50 bits per heavy atom. The number of thiophene rings is 1. The third-order valence-corrected chi connectivity index (χ3v) is 3.71. The summed E-state index contributed by atoms with van der Waals surface area (Å²) in [5, 5.41) is 18.2. The van der Waals surface area contributed by atoms with Crippen molar-refractivity contribution < 1.29 is 9.59 Å². The predicted octanol–water partition coefficient (Wildman–Crippen LogP) is 1.73. The molecular formula is C12H15N5O2S. The Morgan fingerprint density at radius 2 is 2.30 bits per heavy atom. The van der Waals surface area contributed by atoms with Gasteiger partial charge in [-0.3, -0.25) is 9.59 Å². The van der Waals surface area contributed by atoms with E-state index in [1.807, 2.05) is 6.92 Å². The van der Waals surface area contributed by atoms with Gasteiger partial charge in [-0.1, -0.05) is 18.6 Å². The molecule has 0 saturated heterocycles. The molecule has 2 rings (SSSR count). The van der Waals surface area contributed by atoms with E-state index in [4.69, 9.17) is 0 Å². The number of ketones is 1. The van der Waals surface area contributed by atoms with Gasteiger partial charge in [-0.05, 0) is 19.4 Å². The van der Waals surface area contributed by atoms with Gasteiger partial charge in [0.2, 0.25) is 0 Å². The highest BCUT2D eigenvalue weighted by atomic mass is 32.1. The smallest absolute Gasteiger partial charge is 0.261 e. The molecule has 2 aromatic heterocycles. The molecule has 1 atom stereocenters. The number of nitrogens with zero attached hydrogens (tertiary/aromatic N) is 3. The first kappa shape index (κ1) is 14.3. The van der Waals surface area contributed by atoms with Crippen LogP contribution in [0.3, 0.4) is 0 Å². The molecule has 2 heterocycles. The zero-order valence-electron chi connectivity index (χ0n) is 11.2. The van der Waals surface area contributed by atoms with Crippen molar-refractivity contribution in [1.82, 2.24) is 25.9 Å². The van der Waals surface area contributed by atoms with Crippen LogP contribution in [0, 0.1) is 0 Å². The zero-order valence-corrected chi connectivity index (χ0v) is 12.0. The lowest BCUT2D eigenvalue weighted by Gasteiger charge is -2.13. The molecule has 2 aromatic rings. The van der Waals surface area contributed by atoms with Gasteiger partial charge in [-0.15, -0.1) is 21.5 Å². The first-order chi connectivity index (χ1) is 9.61. The van der Waals surface area contributed by atoms with Crippen molar-refractivity contribution in [2.45, 2.75) is 32.7 Å². The third-order valence-electron chi connectivity index (χ3n) is 2.79. The van der Waals surface area contributed by atoms with E-state index in [1.54, 1.807) is 11.4 Å². The Balaban J connectivity index is 2.09. The van der Waals surface area contributed by atoms with Gasteiger partial charge in [0.15, 0.2) is 11.6 Å². The summed E-state index contributed by atoms with van der Waals surface area (Å²) in [6, 6.07) is 1.32. The van der Waals surface area contributed by atoms with Gasteiger partial charge in [-0.25, -0.2) is 0 Å². The normalized spacial score (nSPS) is 12.1. The molecule has 2 N–H and O–H groups in total. The van der Waals surface area contributed by atoms with Gasteiger partial charge in [0, 0.05) is 10.9 Å². The van der Waals surface area contributed by atoms with Gasteiger partial charge in [-0.2, -0.15) is 5.21 Å². The molecule has 106 valence electrons. The lowest BCUT2D eigenvalue weighted by molar-refractivity contribution is 0.0936.